The van der Waals surface area contributed by atoms with E-state index in [9.17, 15) is 5.26 Å². The molecule has 0 saturated carbocycles. The molecular weight excluding hydrogens is 743 g/mol. The van der Waals surface area contributed by atoms with Crippen molar-refractivity contribution in [3.05, 3.63) is 148 Å². The second kappa shape index (κ2) is 10.2. The van der Waals surface area contributed by atoms with Crippen LogP contribution in [0.15, 0.2) is 136 Å². The first kappa shape index (κ1) is 28.3. The third kappa shape index (κ3) is 3.63. The summed E-state index contributed by atoms with van der Waals surface area (Å²) in [5, 5.41) is 18.7. The van der Waals surface area contributed by atoms with E-state index in [-0.39, 0.29) is 0 Å². The summed E-state index contributed by atoms with van der Waals surface area (Å²) in [7, 11) is 0. The second-order valence-electron chi connectivity index (χ2n) is 12.8. The van der Waals surface area contributed by atoms with Crippen LogP contribution in [0, 0.1) is 21.5 Å². The van der Waals surface area contributed by atoms with Crippen molar-refractivity contribution >= 4 is 116 Å². The van der Waals surface area contributed by atoms with E-state index in [0.29, 0.717) is 16.9 Å². The number of fused-ring (bicyclic) bond motifs is 14. The molecule has 0 spiro atoms. The Labute approximate surface area is 302 Å². The Morgan fingerprint density at radius 3 is 1.53 bits per heavy atom. The summed E-state index contributed by atoms with van der Waals surface area (Å²) >= 11 is 2.29. The maximum atomic E-state index is 10.5. The third-order valence-electron chi connectivity index (χ3n) is 10.2. The summed E-state index contributed by atoms with van der Waals surface area (Å²) in [4.78, 5) is 4.12. The lowest BCUT2D eigenvalue weighted by molar-refractivity contribution is 0.672. The molecule has 11 rings (SSSR count). The molecule has 236 valence electrons. The largest absolute Gasteiger partial charge is 0.455 e. The molecule has 7 heteroatoms. The van der Waals surface area contributed by atoms with Gasteiger partial charge in [-0.05, 0) is 77.2 Å². The highest BCUT2D eigenvalue weighted by Crippen LogP contribution is 2.48. The number of hydrogen-bond donors (Lipinski definition) is 0. The average molecular weight is 765 g/mol. The van der Waals surface area contributed by atoms with Gasteiger partial charge in [-0.2, -0.15) is 5.26 Å². The monoisotopic (exact) mass is 764 g/mol. The van der Waals surface area contributed by atoms with Crippen LogP contribution in [0.4, 0.5) is 5.69 Å². The van der Waals surface area contributed by atoms with E-state index in [1.165, 1.54) is 0 Å². The molecule has 0 amide bonds. The molecule has 0 radical (unpaired) electrons. The molecule has 0 fully saturated rings. The molecular formula is C44H21IN4O2. The van der Waals surface area contributed by atoms with Gasteiger partial charge in [-0.3, -0.25) is 0 Å². The number of furan rings is 2. The minimum Gasteiger partial charge on any atom is -0.455 e. The van der Waals surface area contributed by atoms with E-state index in [2.05, 4.69) is 103 Å². The van der Waals surface area contributed by atoms with Crippen LogP contribution < -0.4 is 0 Å². The zero-order valence-corrected chi connectivity index (χ0v) is 28.8. The van der Waals surface area contributed by atoms with Crippen molar-refractivity contribution in [2.75, 3.05) is 0 Å². The predicted molar refractivity (Wildman–Crippen MR) is 213 cm³/mol. The molecule has 0 aliphatic carbocycles. The highest BCUT2D eigenvalue weighted by atomic mass is 127. The van der Waals surface area contributed by atoms with Crippen molar-refractivity contribution < 1.29 is 8.83 Å². The number of benzene rings is 7. The van der Waals surface area contributed by atoms with Crippen LogP contribution in [0.25, 0.3) is 104 Å². The van der Waals surface area contributed by atoms with Gasteiger partial charge in [0.25, 0.3) is 0 Å². The average Bonchev–Trinajstić information content (AvgIpc) is 3.92. The summed E-state index contributed by atoms with van der Waals surface area (Å²) in [6.07, 6.45) is 0. The Balaban J connectivity index is 1.36. The van der Waals surface area contributed by atoms with Gasteiger partial charge in [0.05, 0.1) is 66.0 Å². The first-order chi connectivity index (χ1) is 25.2. The van der Waals surface area contributed by atoms with E-state index in [1.807, 2.05) is 60.7 Å². The van der Waals surface area contributed by atoms with Crippen LogP contribution >= 0.6 is 22.6 Å². The molecule has 0 saturated heterocycles. The number of aromatic nitrogens is 2. The molecule has 0 N–H and O–H groups in total. The number of nitrogens with zero attached hydrogens (tertiary/aromatic N) is 4. The fourth-order valence-electron chi connectivity index (χ4n) is 8.16. The SMILES string of the molecule is [C-]#[N+]c1cc(C#N)c(I)c(-n2c3ccccc3c3c4oc5ccccc5c4ccc32)c1-n1c2ccccc2c2c3oc4ccccc4c3ccc21. The molecule has 0 atom stereocenters. The first-order valence-corrected chi connectivity index (χ1v) is 17.6. The highest BCUT2D eigenvalue weighted by Gasteiger charge is 2.28. The maximum absolute atomic E-state index is 10.5. The molecule has 6 nitrogen and oxygen atoms in total. The van der Waals surface area contributed by atoms with Gasteiger partial charge in [0.1, 0.15) is 22.3 Å². The van der Waals surface area contributed by atoms with Crippen LogP contribution in [0.2, 0.25) is 0 Å². The Bertz CT molecular complexity index is 3420. The van der Waals surface area contributed by atoms with Gasteiger partial charge in [-0.1, -0.05) is 72.8 Å². The summed E-state index contributed by atoms with van der Waals surface area (Å²) in [5.41, 5.74) is 9.28. The van der Waals surface area contributed by atoms with Gasteiger partial charge >= 0.3 is 0 Å². The molecule has 51 heavy (non-hydrogen) atoms. The lowest BCUT2D eigenvalue weighted by atomic mass is 10.1. The quantitative estimate of drug-likeness (QED) is 0.130. The van der Waals surface area contributed by atoms with Crippen LogP contribution in [-0.4, -0.2) is 9.13 Å². The van der Waals surface area contributed by atoms with E-state index in [0.717, 1.165) is 96.7 Å². The van der Waals surface area contributed by atoms with Gasteiger partial charge < -0.3 is 18.0 Å². The normalized spacial score (nSPS) is 12.0. The van der Waals surface area contributed by atoms with E-state index in [1.54, 1.807) is 6.07 Å². The minimum atomic E-state index is 0.380. The molecule has 11 aromatic rings. The fraction of sp³-hybridized carbons (Fsp3) is 0. The minimum absolute atomic E-state index is 0.380. The van der Waals surface area contributed by atoms with Gasteiger partial charge in [0.2, 0.25) is 5.69 Å². The Kier molecular flexibility index (Phi) is 5.68. The Morgan fingerprint density at radius 1 is 0.549 bits per heavy atom. The molecule has 0 bridgehead atoms. The predicted octanol–water partition coefficient (Wildman–Crippen LogP) is 12.7. The van der Waals surface area contributed by atoms with E-state index >= 15 is 0 Å². The smallest absolute Gasteiger partial charge is 0.214 e. The van der Waals surface area contributed by atoms with E-state index in [4.69, 9.17) is 15.4 Å². The van der Waals surface area contributed by atoms with Crippen molar-refractivity contribution in [1.29, 1.82) is 5.26 Å². The van der Waals surface area contributed by atoms with Gasteiger partial charge in [-0.25, -0.2) is 4.85 Å². The van der Waals surface area contributed by atoms with Gasteiger partial charge in [0.15, 0.2) is 0 Å². The fourth-order valence-corrected chi connectivity index (χ4v) is 8.94. The first-order valence-electron chi connectivity index (χ1n) is 16.5. The Morgan fingerprint density at radius 2 is 1.02 bits per heavy atom. The molecule has 0 aliphatic rings. The summed E-state index contributed by atoms with van der Waals surface area (Å²) in [5.74, 6) is 0. The standard InChI is InChI=1S/C44H21IN4O2/c1-47-31-22-24(23-46)40(45)42(49-33-15-7-3-13-30(33)39-35(49)21-19-28-26-11-5-9-17-37(26)51-44(28)39)41(31)48-32-14-6-2-12-29(32)38-34(48)20-18-27-25-10-4-8-16-36(25)50-43(27)38/h2-22H. The number of halogens is 1. The number of para-hydroxylation sites is 4. The molecule has 4 aromatic heterocycles. The van der Waals surface area contributed by atoms with Crippen LogP contribution in [0.1, 0.15) is 5.56 Å². The molecule has 0 unspecified atom stereocenters. The van der Waals surface area contributed by atoms with Crippen molar-refractivity contribution in [3.63, 3.8) is 0 Å². The zero-order chi connectivity index (χ0) is 34.0. The lowest BCUT2D eigenvalue weighted by Gasteiger charge is -2.21. The molecule has 7 aromatic carbocycles. The summed E-state index contributed by atoms with van der Waals surface area (Å²) in [6.45, 7) is 8.52. The third-order valence-corrected chi connectivity index (χ3v) is 11.3. The summed E-state index contributed by atoms with van der Waals surface area (Å²) in [6, 6.07) is 45.4. The van der Waals surface area contributed by atoms with Gasteiger partial charge in [0, 0.05) is 32.3 Å². The Hall–Kier alpha value is -6.55. The van der Waals surface area contributed by atoms with Crippen molar-refractivity contribution in [3.8, 4) is 17.4 Å². The van der Waals surface area contributed by atoms with Crippen LogP contribution in [0.5, 0.6) is 0 Å². The zero-order valence-electron chi connectivity index (χ0n) is 26.6. The van der Waals surface area contributed by atoms with E-state index < -0.39 is 0 Å². The van der Waals surface area contributed by atoms with Crippen LogP contribution in [-0.2, 0) is 0 Å². The number of hydrogen-bond acceptors (Lipinski definition) is 3. The van der Waals surface area contributed by atoms with Crippen molar-refractivity contribution in [2.45, 2.75) is 0 Å². The lowest BCUT2D eigenvalue weighted by Crippen LogP contribution is -2.07. The maximum Gasteiger partial charge on any atom is 0.214 e. The number of nitriles is 1. The van der Waals surface area contributed by atoms with Crippen molar-refractivity contribution in [1.82, 2.24) is 9.13 Å². The molecule has 0 aliphatic heterocycles. The van der Waals surface area contributed by atoms with Crippen molar-refractivity contribution in [2.24, 2.45) is 0 Å². The van der Waals surface area contributed by atoms with Crippen LogP contribution in [0.3, 0.4) is 0 Å². The second-order valence-corrected chi connectivity index (χ2v) is 13.8. The topological polar surface area (TPSA) is 64.3 Å². The summed E-state index contributed by atoms with van der Waals surface area (Å²) < 4.78 is 18.3. The number of rotatable bonds is 2. The van der Waals surface area contributed by atoms with Gasteiger partial charge in [-0.15, -0.1) is 0 Å². The molecule has 4 heterocycles. The highest BCUT2D eigenvalue weighted by molar-refractivity contribution is 14.1.